The van der Waals surface area contributed by atoms with Crippen molar-refractivity contribution in [3.8, 4) is 23.0 Å². The summed E-state index contributed by atoms with van der Waals surface area (Å²) in [5, 5.41) is 1.21. The molecule has 3 rings (SSSR count). The van der Waals surface area contributed by atoms with Crippen molar-refractivity contribution < 1.29 is 28.5 Å². The van der Waals surface area contributed by atoms with E-state index in [4.69, 9.17) is 18.9 Å². The average Bonchev–Trinajstić information content (AvgIpc) is 2.91. The molecular weight excluding hydrogens is 276 g/mol. The SMILES string of the molecule is CC(=O)Oc1c2c(c(OC(C)=O)c3ccccc13)OCO2. The molecule has 108 valence electrons. The number of benzene rings is 2. The third-order valence-corrected chi connectivity index (χ3v) is 2.93. The predicted octanol–water partition coefficient (Wildman–Crippen LogP) is 2.42. The van der Waals surface area contributed by atoms with Crippen LogP contribution in [0, 0.1) is 0 Å². The number of ether oxygens (including phenoxy) is 4. The highest BCUT2D eigenvalue weighted by Gasteiger charge is 2.29. The molecule has 2 aromatic rings. The molecule has 1 aliphatic heterocycles. The minimum Gasteiger partial charge on any atom is -0.449 e. The molecule has 6 heteroatoms. The lowest BCUT2D eigenvalue weighted by molar-refractivity contribution is -0.133. The first-order valence-electron chi connectivity index (χ1n) is 6.29. The summed E-state index contributed by atoms with van der Waals surface area (Å²) in [5.41, 5.74) is 0. The van der Waals surface area contributed by atoms with E-state index in [-0.39, 0.29) is 29.8 Å². The summed E-state index contributed by atoms with van der Waals surface area (Å²) >= 11 is 0. The van der Waals surface area contributed by atoms with Gasteiger partial charge in [0.05, 0.1) is 0 Å². The number of hydrogen-bond donors (Lipinski definition) is 0. The van der Waals surface area contributed by atoms with Crippen LogP contribution in [-0.2, 0) is 9.59 Å². The standard InChI is InChI=1S/C15H12O6/c1-8(16)20-12-10-5-3-4-6-11(10)13(21-9(2)17)15-14(12)18-7-19-15/h3-6H,7H2,1-2H3. The molecule has 6 nitrogen and oxygen atoms in total. The third-order valence-electron chi connectivity index (χ3n) is 2.93. The maximum Gasteiger partial charge on any atom is 0.308 e. The maximum atomic E-state index is 11.3. The van der Waals surface area contributed by atoms with Crippen LogP contribution in [0.2, 0.25) is 0 Å². The van der Waals surface area contributed by atoms with E-state index in [1.165, 1.54) is 13.8 Å². The Hall–Kier alpha value is -2.76. The van der Waals surface area contributed by atoms with E-state index in [1.54, 1.807) is 24.3 Å². The quantitative estimate of drug-likeness (QED) is 0.624. The first-order chi connectivity index (χ1) is 10.1. The average molecular weight is 288 g/mol. The third kappa shape index (κ3) is 2.24. The highest BCUT2D eigenvalue weighted by Crippen LogP contribution is 2.53. The van der Waals surface area contributed by atoms with E-state index >= 15 is 0 Å². The zero-order valence-corrected chi connectivity index (χ0v) is 11.5. The normalized spacial score (nSPS) is 12.3. The number of esters is 2. The maximum absolute atomic E-state index is 11.3. The smallest absolute Gasteiger partial charge is 0.308 e. The van der Waals surface area contributed by atoms with Crippen molar-refractivity contribution in [2.24, 2.45) is 0 Å². The van der Waals surface area contributed by atoms with Gasteiger partial charge >= 0.3 is 11.9 Å². The van der Waals surface area contributed by atoms with Crippen molar-refractivity contribution in [3.63, 3.8) is 0 Å². The monoisotopic (exact) mass is 288 g/mol. The Morgan fingerprint density at radius 1 is 0.905 bits per heavy atom. The molecule has 0 saturated carbocycles. The second kappa shape index (κ2) is 4.97. The Morgan fingerprint density at radius 3 is 1.71 bits per heavy atom. The zero-order valence-electron chi connectivity index (χ0n) is 11.5. The summed E-state index contributed by atoms with van der Waals surface area (Å²) in [7, 11) is 0. The molecule has 0 aromatic heterocycles. The summed E-state index contributed by atoms with van der Waals surface area (Å²) in [5.74, 6) is 0.111. The first-order valence-corrected chi connectivity index (χ1v) is 6.29. The molecule has 0 radical (unpaired) electrons. The lowest BCUT2D eigenvalue weighted by Gasteiger charge is -2.13. The van der Waals surface area contributed by atoms with Crippen LogP contribution in [0.3, 0.4) is 0 Å². The van der Waals surface area contributed by atoms with E-state index in [0.717, 1.165) is 0 Å². The lowest BCUT2D eigenvalue weighted by Crippen LogP contribution is -2.05. The first kappa shape index (κ1) is 13.2. The van der Waals surface area contributed by atoms with Crippen molar-refractivity contribution in [1.82, 2.24) is 0 Å². The van der Waals surface area contributed by atoms with Crippen molar-refractivity contribution >= 4 is 22.7 Å². The minimum absolute atomic E-state index is 0.0335. The second-order valence-electron chi connectivity index (χ2n) is 4.46. The fourth-order valence-electron chi connectivity index (χ4n) is 2.23. The summed E-state index contributed by atoms with van der Waals surface area (Å²) in [6.07, 6.45) is 0. The summed E-state index contributed by atoms with van der Waals surface area (Å²) in [6.45, 7) is 2.57. The van der Waals surface area contributed by atoms with Crippen LogP contribution >= 0.6 is 0 Å². The van der Waals surface area contributed by atoms with Gasteiger partial charge in [-0.1, -0.05) is 24.3 Å². The van der Waals surface area contributed by atoms with Gasteiger partial charge in [-0.3, -0.25) is 9.59 Å². The Kier molecular flexibility index (Phi) is 3.13. The Labute approximate surface area is 120 Å². The van der Waals surface area contributed by atoms with Gasteiger partial charge in [0.2, 0.25) is 18.3 Å². The van der Waals surface area contributed by atoms with E-state index in [0.29, 0.717) is 10.8 Å². The molecule has 0 aliphatic carbocycles. The summed E-state index contributed by atoms with van der Waals surface area (Å²) < 4.78 is 21.2. The van der Waals surface area contributed by atoms with Crippen LogP contribution in [0.1, 0.15) is 13.8 Å². The van der Waals surface area contributed by atoms with Gasteiger partial charge in [0.15, 0.2) is 11.5 Å². The number of carbonyl (C=O) groups is 2. The molecule has 21 heavy (non-hydrogen) atoms. The largest absolute Gasteiger partial charge is 0.449 e. The second-order valence-corrected chi connectivity index (χ2v) is 4.46. The van der Waals surface area contributed by atoms with Gasteiger partial charge in [-0.2, -0.15) is 0 Å². The molecule has 0 amide bonds. The highest BCUT2D eigenvalue weighted by molar-refractivity contribution is 6.01. The van der Waals surface area contributed by atoms with E-state index in [1.807, 2.05) is 0 Å². The van der Waals surface area contributed by atoms with E-state index < -0.39 is 11.9 Å². The fourth-order valence-corrected chi connectivity index (χ4v) is 2.23. The molecule has 0 unspecified atom stereocenters. The van der Waals surface area contributed by atoms with Crippen molar-refractivity contribution in [1.29, 1.82) is 0 Å². The topological polar surface area (TPSA) is 71.1 Å². The van der Waals surface area contributed by atoms with Gasteiger partial charge in [0, 0.05) is 24.6 Å². The molecular formula is C15H12O6. The minimum atomic E-state index is -0.474. The molecule has 1 heterocycles. The van der Waals surface area contributed by atoms with Gasteiger partial charge < -0.3 is 18.9 Å². The van der Waals surface area contributed by atoms with Crippen LogP contribution in [0.4, 0.5) is 0 Å². The van der Waals surface area contributed by atoms with Crippen LogP contribution in [0.25, 0.3) is 10.8 Å². The molecule has 0 saturated heterocycles. The predicted molar refractivity (Wildman–Crippen MR) is 72.7 cm³/mol. The fraction of sp³-hybridized carbons (Fsp3) is 0.200. The number of carbonyl (C=O) groups excluding carboxylic acids is 2. The molecule has 0 fully saturated rings. The zero-order chi connectivity index (χ0) is 15.0. The molecule has 0 spiro atoms. The van der Waals surface area contributed by atoms with Crippen LogP contribution in [0.5, 0.6) is 23.0 Å². The van der Waals surface area contributed by atoms with Gasteiger partial charge in [-0.05, 0) is 0 Å². The Morgan fingerprint density at radius 2 is 1.33 bits per heavy atom. The van der Waals surface area contributed by atoms with Crippen LogP contribution < -0.4 is 18.9 Å². The Balaban J connectivity index is 2.33. The Bertz CT molecular complexity index is 687. The molecule has 1 aliphatic rings. The van der Waals surface area contributed by atoms with Crippen molar-refractivity contribution in [3.05, 3.63) is 24.3 Å². The molecule has 0 atom stereocenters. The van der Waals surface area contributed by atoms with Crippen LogP contribution in [-0.4, -0.2) is 18.7 Å². The van der Waals surface area contributed by atoms with E-state index in [2.05, 4.69) is 0 Å². The molecule has 0 bridgehead atoms. The van der Waals surface area contributed by atoms with Crippen molar-refractivity contribution in [2.45, 2.75) is 13.8 Å². The summed E-state index contributed by atoms with van der Waals surface area (Å²) in [4.78, 5) is 22.6. The van der Waals surface area contributed by atoms with Gasteiger partial charge in [-0.15, -0.1) is 0 Å². The summed E-state index contributed by atoms with van der Waals surface area (Å²) in [6, 6.07) is 7.08. The van der Waals surface area contributed by atoms with Gasteiger partial charge in [0.25, 0.3) is 0 Å². The number of rotatable bonds is 2. The van der Waals surface area contributed by atoms with Gasteiger partial charge in [-0.25, -0.2) is 0 Å². The number of hydrogen-bond acceptors (Lipinski definition) is 6. The van der Waals surface area contributed by atoms with Gasteiger partial charge in [0.1, 0.15) is 0 Å². The highest BCUT2D eigenvalue weighted by atomic mass is 16.7. The molecule has 2 aromatic carbocycles. The van der Waals surface area contributed by atoms with Crippen LogP contribution in [0.15, 0.2) is 24.3 Å². The van der Waals surface area contributed by atoms with E-state index in [9.17, 15) is 9.59 Å². The van der Waals surface area contributed by atoms with Crippen molar-refractivity contribution in [2.75, 3.05) is 6.79 Å². The number of fused-ring (bicyclic) bond motifs is 2. The molecule has 0 N–H and O–H groups in total. The lowest BCUT2D eigenvalue weighted by atomic mass is 10.1.